The molecule has 38 heavy (non-hydrogen) atoms. The predicted molar refractivity (Wildman–Crippen MR) is 152 cm³/mol. The first-order valence-corrected chi connectivity index (χ1v) is 15.1. The molecule has 0 spiro atoms. The molecule has 0 fully saturated rings. The molecule has 2 heterocycles. The third-order valence-electron chi connectivity index (χ3n) is 5.27. The molecule has 200 valence electrons. The van der Waals surface area contributed by atoms with Gasteiger partial charge in [-0.05, 0) is 35.0 Å². The molecule has 0 amide bonds. The van der Waals surface area contributed by atoms with E-state index in [-0.39, 0.29) is 11.3 Å². The number of nitrogens with zero attached hydrogens (tertiary/aromatic N) is 1. The lowest BCUT2D eigenvalue weighted by Gasteiger charge is -2.22. The first-order valence-electron chi connectivity index (χ1n) is 10.8. The van der Waals surface area contributed by atoms with E-state index in [0.29, 0.717) is 37.0 Å². The average molecular weight is 592 g/mol. The second kappa shape index (κ2) is 11.8. The number of benzene rings is 3. The molecule has 0 atom stereocenters. The van der Waals surface area contributed by atoms with Crippen molar-refractivity contribution in [3.8, 4) is 0 Å². The van der Waals surface area contributed by atoms with Crippen LogP contribution in [0.4, 0.5) is 5.69 Å². The van der Waals surface area contributed by atoms with Crippen LogP contribution in [0.2, 0.25) is 5.02 Å². The molecule has 1 aliphatic rings. The van der Waals surface area contributed by atoms with Gasteiger partial charge in [0.1, 0.15) is 27.3 Å². The lowest BCUT2D eigenvalue weighted by molar-refractivity contribution is 0.460. The summed E-state index contributed by atoms with van der Waals surface area (Å²) in [5, 5.41) is 2.68. The summed E-state index contributed by atoms with van der Waals surface area (Å²) in [5.41, 5.74) is 0.951. The van der Waals surface area contributed by atoms with Crippen LogP contribution in [0.5, 0.6) is 0 Å². The zero-order chi connectivity index (χ0) is 28.3. The van der Waals surface area contributed by atoms with Crippen LogP contribution in [-0.4, -0.2) is 31.8 Å². The van der Waals surface area contributed by atoms with E-state index in [0.717, 1.165) is 5.39 Å². The predicted octanol–water partition coefficient (Wildman–Crippen LogP) is 6.30. The zero-order valence-electron chi connectivity index (χ0n) is 19.9. The Morgan fingerprint density at radius 2 is 1.63 bits per heavy atom. The topological polar surface area (TPSA) is 131 Å². The van der Waals surface area contributed by atoms with E-state index in [9.17, 15) is 25.9 Å². The fourth-order valence-electron chi connectivity index (χ4n) is 3.97. The van der Waals surface area contributed by atoms with Crippen LogP contribution in [0.1, 0.15) is 11.3 Å². The maximum absolute atomic E-state index is 11.8. The van der Waals surface area contributed by atoms with Crippen molar-refractivity contribution >= 4 is 77.1 Å². The molecule has 8 nitrogen and oxygen atoms in total. The van der Waals surface area contributed by atoms with Gasteiger partial charge in [0.2, 0.25) is 0 Å². The van der Waals surface area contributed by atoms with Crippen molar-refractivity contribution in [1.82, 2.24) is 0 Å². The number of anilines is 1. The van der Waals surface area contributed by atoms with Crippen LogP contribution in [0, 0.1) is 0 Å². The Labute approximate surface area is 230 Å². The number of thioether (sulfide) groups is 1. The lowest BCUT2D eigenvalue weighted by atomic mass is 10.0. The standard InChI is InChI=1S/C22H16ClNO7S3.2C2H4/c23-14-6-8-20-17(9-14)24(12-34(28,29)30)21(32-20)10-19-16(11-33(25,26)27)22-15-4-2-1-3-13(15)5-7-18(22)31-19;2*1-2/h1-10H,11-12H2,(H,25,26,27)(H,28,29,30);2*1-2H2/p-2/b21-10-;;. The summed E-state index contributed by atoms with van der Waals surface area (Å²) in [6, 6.07) is 15.6. The Hall–Kier alpha value is -3.06. The molecule has 0 unspecified atom stereocenters. The molecule has 0 saturated carbocycles. The van der Waals surface area contributed by atoms with Gasteiger partial charge in [-0.15, -0.1) is 26.3 Å². The molecular weight excluding hydrogens is 570 g/mol. The largest absolute Gasteiger partial charge is 0.748 e. The van der Waals surface area contributed by atoms with E-state index in [4.69, 9.17) is 16.0 Å². The number of halogens is 1. The van der Waals surface area contributed by atoms with Crippen molar-refractivity contribution < 1.29 is 30.4 Å². The Balaban J connectivity index is 0.000000956. The van der Waals surface area contributed by atoms with Crippen LogP contribution in [0.25, 0.3) is 27.8 Å². The highest BCUT2D eigenvalue weighted by Crippen LogP contribution is 2.48. The second-order valence-corrected chi connectivity index (χ2v) is 11.9. The first kappa shape index (κ1) is 29.5. The van der Waals surface area contributed by atoms with Crippen molar-refractivity contribution in [3.63, 3.8) is 0 Å². The summed E-state index contributed by atoms with van der Waals surface area (Å²) in [4.78, 5) is 1.92. The molecule has 3 aromatic carbocycles. The van der Waals surface area contributed by atoms with Gasteiger partial charge in [-0.2, -0.15) is 0 Å². The number of hydrogen-bond donors (Lipinski definition) is 0. The minimum atomic E-state index is -4.69. The van der Waals surface area contributed by atoms with Crippen molar-refractivity contribution in [2.75, 3.05) is 10.8 Å². The quantitative estimate of drug-likeness (QED) is 0.194. The molecule has 12 heteroatoms. The summed E-state index contributed by atoms with van der Waals surface area (Å²) in [7, 11) is -9.37. The highest BCUT2D eigenvalue weighted by atomic mass is 35.5. The van der Waals surface area contributed by atoms with E-state index in [1.807, 2.05) is 18.2 Å². The molecule has 5 rings (SSSR count). The zero-order valence-corrected chi connectivity index (χ0v) is 23.1. The first-order chi connectivity index (χ1) is 18.0. The minimum absolute atomic E-state index is 0.0838. The summed E-state index contributed by atoms with van der Waals surface area (Å²) in [5.74, 6) is -1.60. The minimum Gasteiger partial charge on any atom is -0.748 e. The Morgan fingerprint density at radius 3 is 2.29 bits per heavy atom. The Kier molecular flexibility index (Phi) is 9.13. The molecule has 0 radical (unpaired) electrons. The molecule has 1 aromatic heterocycles. The fourth-order valence-corrected chi connectivity index (χ4v) is 6.53. The van der Waals surface area contributed by atoms with Gasteiger partial charge in [0, 0.05) is 26.9 Å². The number of rotatable bonds is 5. The third-order valence-corrected chi connectivity index (χ3v) is 7.83. The molecule has 1 aliphatic heterocycles. The van der Waals surface area contributed by atoms with Crippen molar-refractivity contribution in [1.29, 1.82) is 0 Å². The summed E-state index contributed by atoms with van der Waals surface area (Å²) in [6.07, 6.45) is 1.44. The molecule has 0 bridgehead atoms. The van der Waals surface area contributed by atoms with E-state index < -0.39 is 31.9 Å². The van der Waals surface area contributed by atoms with E-state index >= 15 is 0 Å². The average Bonchev–Trinajstić information content (AvgIpc) is 3.37. The molecule has 0 N–H and O–H groups in total. The van der Waals surface area contributed by atoms with Crippen molar-refractivity contribution in [3.05, 3.63) is 102 Å². The van der Waals surface area contributed by atoms with E-state index in [1.54, 1.807) is 30.3 Å². The van der Waals surface area contributed by atoms with E-state index in [1.165, 1.54) is 28.8 Å². The summed E-state index contributed by atoms with van der Waals surface area (Å²) >= 11 is 7.24. The van der Waals surface area contributed by atoms with Crippen LogP contribution >= 0.6 is 23.4 Å². The highest BCUT2D eigenvalue weighted by Gasteiger charge is 2.28. The Morgan fingerprint density at radius 1 is 0.947 bits per heavy atom. The summed E-state index contributed by atoms with van der Waals surface area (Å²) in [6.45, 7) is 12.0. The van der Waals surface area contributed by atoms with Crippen LogP contribution in [-0.2, 0) is 26.0 Å². The number of hydrogen-bond acceptors (Lipinski definition) is 9. The van der Waals surface area contributed by atoms with Crippen LogP contribution in [0.3, 0.4) is 0 Å². The van der Waals surface area contributed by atoms with Gasteiger partial charge in [0.25, 0.3) is 0 Å². The van der Waals surface area contributed by atoms with E-state index in [2.05, 4.69) is 26.3 Å². The van der Waals surface area contributed by atoms with Gasteiger partial charge < -0.3 is 18.4 Å². The van der Waals surface area contributed by atoms with Crippen LogP contribution in [0.15, 0.2) is 95.3 Å². The second-order valence-electron chi connectivity index (χ2n) is 7.62. The molecule has 0 aliphatic carbocycles. The van der Waals surface area contributed by atoms with Crippen molar-refractivity contribution in [2.45, 2.75) is 10.6 Å². The molecule has 0 saturated heterocycles. The SMILES string of the molecule is C=C.C=C.O=S(=O)([O-])Cc1c(/C=C2\Sc3ccc(Cl)cc3N2CS(=O)(=O)[O-])oc2ccc3ccccc3c12. The van der Waals surface area contributed by atoms with Gasteiger partial charge in [0.15, 0.2) is 0 Å². The smallest absolute Gasteiger partial charge is 0.135 e. The molecular formula is C26H22ClNO7S3-2. The molecule has 4 aromatic rings. The van der Waals surface area contributed by atoms with Gasteiger partial charge in [-0.1, -0.05) is 53.7 Å². The maximum atomic E-state index is 11.8. The van der Waals surface area contributed by atoms with Gasteiger partial charge in [-0.3, -0.25) is 0 Å². The Bertz CT molecular complexity index is 1740. The summed E-state index contributed by atoms with van der Waals surface area (Å²) < 4.78 is 76.1. The van der Waals surface area contributed by atoms with Gasteiger partial charge >= 0.3 is 0 Å². The lowest BCUT2D eigenvalue weighted by Crippen LogP contribution is -2.25. The number of fused-ring (bicyclic) bond motifs is 4. The number of furan rings is 1. The normalized spacial score (nSPS) is 14.1. The van der Waals surface area contributed by atoms with Gasteiger partial charge in [-0.25, -0.2) is 16.8 Å². The highest BCUT2D eigenvalue weighted by molar-refractivity contribution is 8.04. The van der Waals surface area contributed by atoms with Crippen LogP contribution < -0.4 is 4.90 Å². The third kappa shape index (κ3) is 6.49. The fraction of sp³-hybridized carbons (Fsp3) is 0.0769. The maximum Gasteiger partial charge on any atom is 0.135 e. The van der Waals surface area contributed by atoms with Crippen molar-refractivity contribution in [2.24, 2.45) is 0 Å². The van der Waals surface area contributed by atoms with Gasteiger partial charge in [0.05, 0.1) is 26.6 Å². The monoisotopic (exact) mass is 591 g/mol.